The molecule has 2 aromatic heterocycles. The number of benzene rings is 10. The maximum absolute atomic E-state index is 2.38. The molecule has 0 atom stereocenters. The summed E-state index contributed by atoms with van der Waals surface area (Å²) in [4.78, 5) is 2.38. The minimum atomic E-state index is 1.10. The summed E-state index contributed by atoms with van der Waals surface area (Å²) in [5.41, 5.74) is 13.1. The number of rotatable bonds is 7. The van der Waals surface area contributed by atoms with Gasteiger partial charge in [-0.1, -0.05) is 158 Å². The van der Waals surface area contributed by atoms with E-state index in [1.165, 1.54) is 95.6 Å². The zero-order valence-electron chi connectivity index (χ0n) is 33.1. The lowest BCUT2D eigenvalue weighted by molar-refractivity contribution is 1.28. The van der Waals surface area contributed by atoms with Gasteiger partial charge < -0.3 is 4.90 Å². The summed E-state index contributed by atoms with van der Waals surface area (Å²) < 4.78 is 5.28. The molecule has 0 amide bonds. The normalized spacial score (nSPS) is 11.6. The van der Waals surface area contributed by atoms with Gasteiger partial charge in [0.2, 0.25) is 0 Å². The van der Waals surface area contributed by atoms with Crippen molar-refractivity contribution in [3.8, 4) is 44.5 Å². The first-order valence-corrected chi connectivity index (χ1v) is 22.4. The molecule has 0 fully saturated rings. The average molecular weight is 812 g/mol. The highest BCUT2D eigenvalue weighted by atomic mass is 32.1. The fourth-order valence-electron chi connectivity index (χ4n) is 9.20. The SMILES string of the molecule is c1cc(-c2ccc(N(c3ccc(-c4cccc5sc6ccccc6c45)cc3)c3ccc(-c4cccc5sc6ccccc6c45)cc3)cc2)cc(-c2cccc3ccccc23)c1. The molecule has 0 aliphatic heterocycles. The van der Waals surface area contributed by atoms with Crippen LogP contribution in [0, 0.1) is 0 Å². The first-order chi connectivity index (χ1) is 30.2. The van der Waals surface area contributed by atoms with Gasteiger partial charge in [-0.2, -0.15) is 0 Å². The Bertz CT molecular complexity index is 3410. The van der Waals surface area contributed by atoms with Crippen molar-refractivity contribution in [3.05, 3.63) is 224 Å². The average Bonchev–Trinajstić information content (AvgIpc) is 3.91. The van der Waals surface area contributed by atoms with Crippen LogP contribution in [0.1, 0.15) is 0 Å². The Balaban J connectivity index is 0.941. The predicted molar refractivity (Wildman–Crippen MR) is 266 cm³/mol. The fraction of sp³-hybridized carbons (Fsp3) is 0. The largest absolute Gasteiger partial charge is 0.311 e. The molecule has 61 heavy (non-hydrogen) atoms. The van der Waals surface area contributed by atoms with Crippen molar-refractivity contribution in [2.75, 3.05) is 4.90 Å². The van der Waals surface area contributed by atoms with Gasteiger partial charge in [-0.3, -0.25) is 0 Å². The Kier molecular flexibility index (Phi) is 8.62. The number of fused-ring (bicyclic) bond motifs is 7. The van der Waals surface area contributed by atoms with E-state index in [4.69, 9.17) is 0 Å². The molecule has 0 spiro atoms. The van der Waals surface area contributed by atoms with Gasteiger partial charge in [0.1, 0.15) is 0 Å². The molecule has 0 bridgehead atoms. The number of thiophene rings is 2. The quantitative estimate of drug-likeness (QED) is 0.155. The number of hydrogen-bond acceptors (Lipinski definition) is 3. The minimum absolute atomic E-state index is 1.10. The molecule has 0 aliphatic rings. The second-order valence-corrected chi connectivity index (χ2v) is 17.8. The van der Waals surface area contributed by atoms with Crippen LogP contribution in [0.3, 0.4) is 0 Å². The Morgan fingerprint density at radius 2 is 0.672 bits per heavy atom. The highest BCUT2D eigenvalue weighted by Gasteiger charge is 2.17. The van der Waals surface area contributed by atoms with Gasteiger partial charge in [0, 0.05) is 57.4 Å². The minimum Gasteiger partial charge on any atom is -0.311 e. The lowest BCUT2D eigenvalue weighted by Gasteiger charge is -2.26. The number of nitrogens with zero attached hydrogens (tertiary/aromatic N) is 1. The molecule has 12 rings (SSSR count). The second-order valence-electron chi connectivity index (χ2n) is 15.6. The zero-order chi connectivity index (χ0) is 40.3. The molecule has 286 valence electrons. The van der Waals surface area contributed by atoms with Gasteiger partial charge >= 0.3 is 0 Å². The Morgan fingerprint density at radius 1 is 0.262 bits per heavy atom. The second kappa shape index (κ2) is 14.8. The fourth-order valence-corrected chi connectivity index (χ4v) is 11.5. The van der Waals surface area contributed by atoms with E-state index in [9.17, 15) is 0 Å². The summed E-state index contributed by atoms with van der Waals surface area (Å²) in [5, 5.41) is 7.82. The van der Waals surface area contributed by atoms with Crippen molar-refractivity contribution < 1.29 is 0 Å². The van der Waals surface area contributed by atoms with Crippen LogP contribution in [0.25, 0.3) is 95.6 Å². The molecule has 0 N–H and O–H groups in total. The van der Waals surface area contributed by atoms with Crippen LogP contribution < -0.4 is 4.90 Å². The van der Waals surface area contributed by atoms with Gasteiger partial charge in [-0.25, -0.2) is 0 Å². The molecule has 3 heteroatoms. The topological polar surface area (TPSA) is 3.24 Å². The summed E-state index contributed by atoms with van der Waals surface area (Å²) >= 11 is 3.73. The van der Waals surface area contributed by atoms with Crippen LogP contribution in [0.2, 0.25) is 0 Å². The van der Waals surface area contributed by atoms with E-state index in [2.05, 4.69) is 229 Å². The van der Waals surface area contributed by atoms with Crippen LogP contribution in [-0.4, -0.2) is 0 Å². The molecule has 12 aromatic rings. The van der Waals surface area contributed by atoms with Crippen LogP contribution in [0.4, 0.5) is 17.1 Å². The van der Waals surface area contributed by atoms with E-state index < -0.39 is 0 Å². The number of anilines is 3. The molecule has 0 saturated carbocycles. The van der Waals surface area contributed by atoms with Crippen molar-refractivity contribution in [1.82, 2.24) is 0 Å². The molecule has 1 nitrogen and oxygen atoms in total. The molecular formula is C58H37NS2. The Morgan fingerprint density at radius 3 is 1.25 bits per heavy atom. The van der Waals surface area contributed by atoms with Crippen LogP contribution in [-0.2, 0) is 0 Å². The van der Waals surface area contributed by atoms with Crippen molar-refractivity contribution in [1.29, 1.82) is 0 Å². The first-order valence-electron chi connectivity index (χ1n) is 20.7. The maximum Gasteiger partial charge on any atom is 0.0462 e. The molecule has 0 aliphatic carbocycles. The van der Waals surface area contributed by atoms with Gasteiger partial charge in [-0.15, -0.1) is 22.7 Å². The predicted octanol–water partition coefficient (Wildman–Crippen LogP) is 17.7. The summed E-state index contributed by atoms with van der Waals surface area (Å²) in [6.45, 7) is 0. The highest BCUT2D eigenvalue weighted by molar-refractivity contribution is 7.26. The van der Waals surface area contributed by atoms with Crippen LogP contribution in [0.15, 0.2) is 224 Å². The van der Waals surface area contributed by atoms with Crippen LogP contribution in [0.5, 0.6) is 0 Å². The summed E-state index contributed by atoms with van der Waals surface area (Å²) in [6, 6.07) is 82.3. The zero-order valence-corrected chi connectivity index (χ0v) is 34.8. The lowest BCUT2D eigenvalue weighted by Crippen LogP contribution is -2.09. The maximum atomic E-state index is 2.38. The molecule has 0 unspecified atom stereocenters. The molecule has 0 saturated heterocycles. The summed E-state index contributed by atoms with van der Waals surface area (Å²) in [7, 11) is 0. The van der Waals surface area contributed by atoms with Gasteiger partial charge in [-0.05, 0) is 122 Å². The van der Waals surface area contributed by atoms with Crippen molar-refractivity contribution >= 4 is 90.9 Å². The molecule has 0 radical (unpaired) electrons. The third kappa shape index (κ3) is 6.21. The smallest absolute Gasteiger partial charge is 0.0462 e. The molecular weight excluding hydrogens is 775 g/mol. The summed E-state index contributed by atoms with van der Waals surface area (Å²) in [6.07, 6.45) is 0. The standard InChI is InChI=1S/C58H37NS2/c1-2-15-47-39(11-1)12-8-18-48(47)43-14-7-13-42(37-43)38-25-31-44(32-26-38)59(45-33-27-40(28-34-45)49-19-9-23-55-57(49)51-16-3-5-21-53(51)60-55)46-35-29-41(30-36-46)50-20-10-24-56-58(50)52-17-4-6-22-54(52)61-56/h1-37H. The van der Waals surface area contributed by atoms with Crippen LogP contribution >= 0.6 is 22.7 Å². The molecule has 10 aromatic carbocycles. The van der Waals surface area contributed by atoms with Gasteiger partial charge in [0.05, 0.1) is 0 Å². The Labute approximate surface area is 362 Å². The lowest BCUT2D eigenvalue weighted by atomic mass is 9.95. The van der Waals surface area contributed by atoms with E-state index in [1.807, 2.05) is 22.7 Å². The third-order valence-electron chi connectivity index (χ3n) is 12.1. The van der Waals surface area contributed by atoms with Gasteiger partial charge in [0.15, 0.2) is 0 Å². The van der Waals surface area contributed by atoms with E-state index in [1.54, 1.807) is 0 Å². The van der Waals surface area contributed by atoms with E-state index in [0.29, 0.717) is 0 Å². The van der Waals surface area contributed by atoms with Crippen molar-refractivity contribution in [3.63, 3.8) is 0 Å². The highest BCUT2D eigenvalue weighted by Crippen LogP contribution is 2.44. The van der Waals surface area contributed by atoms with Crippen molar-refractivity contribution in [2.45, 2.75) is 0 Å². The van der Waals surface area contributed by atoms with Crippen molar-refractivity contribution in [2.24, 2.45) is 0 Å². The first kappa shape index (κ1) is 35.6. The summed E-state index contributed by atoms with van der Waals surface area (Å²) in [5.74, 6) is 0. The van der Waals surface area contributed by atoms with E-state index >= 15 is 0 Å². The Hall–Kier alpha value is -7.30. The van der Waals surface area contributed by atoms with E-state index in [-0.39, 0.29) is 0 Å². The number of hydrogen-bond donors (Lipinski definition) is 0. The van der Waals surface area contributed by atoms with E-state index in [0.717, 1.165) is 17.1 Å². The monoisotopic (exact) mass is 811 g/mol. The molecule has 2 heterocycles. The third-order valence-corrected chi connectivity index (χ3v) is 14.4. The van der Waals surface area contributed by atoms with Gasteiger partial charge in [0.25, 0.3) is 0 Å².